The van der Waals surface area contributed by atoms with Crippen LogP contribution in [0, 0.1) is 15.7 Å². The van der Waals surface area contributed by atoms with Crippen molar-refractivity contribution in [3.05, 3.63) is 16.1 Å². The summed E-state index contributed by atoms with van der Waals surface area (Å²) in [6.07, 6.45) is 6.81. The molecule has 116 valence electrons. The quantitative estimate of drug-likeness (QED) is 0.469. The predicted octanol–water partition coefficient (Wildman–Crippen LogP) is -1.41. The number of hydrogen-bond donors (Lipinski definition) is 0. The summed E-state index contributed by atoms with van der Waals surface area (Å²) in [5.74, 6) is 0. The average molecular weight is 324 g/mol. The summed E-state index contributed by atoms with van der Waals surface area (Å²) >= 11 is 1.97. The van der Waals surface area contributed by atoms with E-state index in [9.17, 15) is 0 Å². The molecule has 1 aliphatic rings. The molecule has 0 bridgehead atoms. The van der Waals surface area contributed by atoms with Crippen LogP contribution in [0.25, 0.3) is 0 Å². The minimum absolute atomic E-state index is 0.395. The number of rotatable bonds is 1. The highest BCUT2D eigenvalue weighted by Crippen LogP contribution is 2.23. The van der Waals surface area contributed by atoms with E-state index < -0.39 is 10.2 Å². The van der Waals surface area contributed by atoms with Crippen molar-refractivity contribution in [3.8, 4) is 0 Å². The van der Waals surface area contributed by atoms with Crippen LogP contribution < -0.4 is 23.2 Å². The fourth-order valence-corrected chi connectivity index (χ4v) is 3.38. The summed E-state index contributed by atoms with van der Waals surface area (Å²) in [6.45, 7) is 8.13. The van der Waals surface area contributed by atoms with Crippen molar-refractivity contribution in [2.24, 2.45) is 5.41 Å². The largest absolute Gasteiger partial charge is 0.225 e. The highest BCUT2D eigenvalue weighted by atomic mass is 35.7. The minimum Gasteiger partial charge on any atom is -0.222 e. The van der Waals surface area contributed by atoms with Crippen LogP contribution in [0.1, 0.15) is 50.6 Å². The fourth-order valence-electron chi connectivity index (χ4n) is 2.30. The number of nitrogens with zero attached hydrogens (tertiary/aromatic N) is 1. The number of aryl methyl sites for hydroxylation is 1. The molecule has 20 heavy (non-hydrogen) atoms. The Labute approximate surface area is 126 Å². The second-order valence-corrected chi connectivity index (χ2v) is 7.92. The summed E-state index contributed by atoms with van der Waals surface area (Å²) in [7, 11) is -4.94. The zero-order valence-corrected chi connectivity index (χ0v) is 13.8. The Hall–Kier alpha value is -0.240. The molecule has 0 atom stereocenters. The van der Waals surface area contributed by atoms with Crippen molar-refractivity contribution in [3.63, 3.8) is 0 Å². The van der Waals surface area contributed by atoms with E-state index >= 15 is 0 Å². The van der Waals surface area contributed by atoms with Gasteiger partial charge >= 0.3 is 0 Å². The summed E-state index contributed by atoms with van der Waals surface area (Å²) in [5, 5.41) is 0. The molecule has 0 spiro atoms. The minimum atomic E-state index is -4.94. The van der Waals surface area contributed by atoms with Crippen molar-refractivity contribution in [2.45, 2.75) is 59.4 Å². The Kier molecular flexibility index (Phi) is 6.37. The Bertz CT molecular complexity index is 417. The lowest BCUT2D eigenvalue weighted by atomic mass is 9.96. The van der Waals surface area contributed by atoms with E-state index in [1.807, 2.05) is 11.3 Å². The van der Waals surface area contributed by atoms with Crippen molar-refractivity contribution >= 4 is 11.3 Å². The Balaban J connectivity index is 0.000000347. The molecular formula is C13H22ClNO4S. The molecular weight excluding hydrogens is 302 g/mol. The van der Waals surface area contributed by atoms with Crippen LogP contribution in [0.2, 0.25) is 0 Å². The molecule has 1 heterocycles. The van der Waals surface area contributed by atoms with Gasteiger partial charge in [0.25, 0.3) is 0 Å². The number of fused-ring (bicyclic) bond motifs is 1. The lowest BCUT2D eigenvalue weighted by Crippen LogP contribution is -2.68. The van der Waals surface area contributed by atoms with E-state index in [4.69, 9.17) is 18.6 Å². The maximum atomic E-state index is 8.49. The molecule has 0 unspecified atom stereocenters. The molecule has 5 nitrogen and oxygen atoms in total. The number of halogens is 1. The molecule has 0 aromatic carbocycles. The molecule has 0 saturated heterocycles. The van der Waals surface area contributed by atoms with Gasteiger partial charge in [0.2, 0.25) is 5.51 Å². The summed E-state index contributed by atoms with van der Waals surface area (Å²) in [4.78, 5) is 1.65. The molecule has 0 fully saturated rings. The highest BCUT2D eigenvalue weighted by molar-refractivity contribution is 7.09. The van der Waals surface area contributed by atoms with E-state index in [0.717, 1.165) is 0 Å². The number of hydrogen-bond acceptors (Lipinski definition) is 5. The van der Waals surface area contributed by atoms with Gasteiger partial charge in [0.1, 0.15) is 0 Å². The van der Waals surface area contributed by atoms with Gasteiger partial charge in [-0.15, -0.1) is 10.2 Å². The zero-order valence-electron chi connectivity index (χ0n) is 12.2. The van der Waals surface area contributed by atoms with Crippen LogP contribution >= 0.6 is 11.3 Å². The highest BCUT2D eigenvalue weighted by Gasteiger charge is 2.25. The van der Waals surface area contributed by atoms with Gasteiger partial charge < -0.3 is 0 Å². The van der Waals surface area contributed by atoms with Crippen LogP contribution in [0.4, 0.5) is 0 Å². The van der Waals surface area contributed by atoms with Gasteiger partial charge in [-0.1, -0.05) is 38.5 Å². The van der Waals surface area contributed by atoms with Crippen molar-refractivity contribution in [2.75, 3.05) is 0 Å². The predicted molar refractivity (Wildman–Crippen MR) is 65.2 cm³/mol. The third-order valence-electron chi connectivity index (χ3n) is 2.95. The molecule has 0 radical (unpaired) electrons. The maximum absolute atomic E-state index is 8.49. The third kappa shape index (κ3) is 7.52. The van der Waals surface area contributed by atoms with Crippen molar-refractivity contribution < 1.29 is 33.4 Å². The molecule has 2 rings (SSSR count). The van der Waals surface area contributed by atoms with Crippen LogP contribution in [-0.2, 0) is 19.4 Å². The van der Waals surface area contributed by atoms with Crippen molar-refractivity contribution in [1.29, 1.82) is 0 Å². The van der Waals surface area contributed by atoms with Gasteiger partial charge in [-0.3, -0.25) is 0 Å². The zero-order chi connectivity index (χ0) is 15.4. The normalized spacial score (nSPS) is 15.9. The summed E-state index contributed by atoms with van der Waals surface area (Å²) in [5.41, 5.74) is 4.36. The second kappa shape index (κ2) is 7.15. The molecule has 0 saturated carbocycles. The van der Waals surface area contributed by atoms with Crippen LogP contribution in [0.5, 0.6) is 0 Å². The van der Waals surface area contributed by atoms with Crippen LogP contribution in [-0.4, -0.2) is 0 Å². The van der Waals surface area contributed by atoms with Crippen LogP contribution in [0.15, 0.2) is 5.51 Å². The topological polar surface area (TPSA) is 96.1 Å². The fraction of sp³-hybridized carbons (Fsp3) is 0.769. The van der Waals surface area contributed by atoms with E-state index in [0.29, 0.717) is 5.41 Å². The Morgan fingerprint density at radius 2 is 1.65 bits per heavy atom. The average Bonchev–Trinajstić information content (AvgIpc) is 2.46. The van der Waals surface area contributed by atoms with Crippen molar-refractivity contribution in [1.82, 2.24) is 0 Å². The number of aromatic nitrogens is 1. The maximum Gasteiger partial charge on any atom is 0.225 e. The van der Waals surface area contributed by atoms with Gasteiger partial charge in [-0.2, -0.15) is 4.57 Å². The molecule has 7 heteroatoms. The van der Waals surface area contributed by atoms with Gasteiger partial charge in [-0.25, -0.2) is 18.6 Å². The monoisotopic (exact) mass is 323 g/mol. The first-order valence-electron chi connectivity index (χ1n) is 6.67. The Morgan fingerprint density at radius 1 is 1.10 bits per heavy atom. The van der Waals surface area contributed by atoms with E-state index in [1.54, 1.807) is 10.6 Å². The lowest BCUT2D eigenvalue weighted by molar-refractivity contribution is -2.00. The van der Waals surface area contributed by atoms with Gasteiger partial charge in [0.05, 0.1) is 4.88 Å². The summed E-state index contributed by atoms with van der Waals surface area (Å²) < 4.78 is 36.5. The number of thiazole rings is 1. The summed E-state index contributed by atoms with van der Waals surface area (Å²) in [6, 6.07) is 0. The first kappa shape index (κ1) is 17.8. The molecule has 1 aromatic rings. The Morgan fingerprint density at radius 3 is 2.20 bits per heavy atom. The second-order valence-electron chi connectivity index (χ2n) is 6.22. The first-order chi connectivity index (χ1) is 9.06. The molecule has 0 aliphatic heterocycles. The van der Waals surface area contributed by atoms with E-state index in [2.05, 4.69) is 30.8 Å². The van der Waals surface area contributed by atoms with Gasteiger partial charge in [0.15, 0.2) is 12.2 Å². The first-order valence-corrected chi connectivity index (χ1v) is 8.78. The molecule has 1 aromatic heterocycles. The third-order valence-corrected chi connectivity index (χ3v) is 4.04. The standard InChI is InChI=1S/C13H22NS.ClHO4/c1-13(2,3)9-14-10-15-12-8-6-4-5-7-11(12)14;2-1(3,4)5/h10H,4-9H2,1-3H3;(H,2,3,4,5)/q+1;/p-1. The SMILES string of the molecule is CC(C)(C)C[n+]1csc2c1CCCCC2.[O-][Cl+3]([O-])([O-])[O-]. The van der Waals surface area contributed by atoms with Crippen LogP contribution in [0.3, 0.4) is 0 Å². The van der Waals surface area contributed by atoms with Gasteiger partial charge in [0, 0.05) is 11.8 Å². The molecule has 0 amide bonds. The van der Waals surface area contributed by atoms with Gasteiger partial charge in [-0.05, 0) is 19.3 Å². The van der Waals surface area contributed by atoms with E-state index in [1.165, 1.54) is 38.6 Å². The molecule has 0 N–H and O–H groups in total. The smallest absolute Gasteiger partial charge is 0.222 e. The molecule has 1 aliphatic carbocycles. The lowest BCUT2D eigenvalue weighted by Gasteiger charge is -2.17. The van der Waals surface area contributed by atoms with E-state index in [-0.39, 0.29) is 0 Å².